The zero-order valence-electron chi connectivity index (χ0n) is 9.16. The number of likely N-dealkylation sites (tertiary alicyclic amines) is 1. The molecule has 0 saturated carbocycles. The van der Waals surface area contributed by atoms with Crippen LogP contribution in [0.4, 0.5) is 0 Å². The Morgan fingerprint density at radius 1 is 1.64 bits per heavy atom. The lowest BCUT2D eigenvalue weighted by atomic mass is 9.98. The van der Waals surface area contributed by atoms with Crippen LogP contribution in [0.5, 0.6) is 0 Å². The molecule has 0 aliphatic carbocycles. The number of Topliss-reactive ketones (excluding diaryl/α,β-unsaturated/α-hetero) is 1. The molecule has 1 fully saturated rings. The van der Waals surface area contributed by atoms with Gasteiger partial charge in [-0.1, -0.05) is 6.92 Å². The average molecular weight is 217 g/mol. The molecule has 0 aromatic rings. The van der Waals surface area contributed by atoms with Crippen molar-refractivity contribution >= 4 is 16.6 Å². The highest BCUT2D eigenvalue weighted by Gasteiger charge is 2.24. The number of nitrogens with zero attached hydrogens (tertiary/aromatic N) is 1. The van der Waals surface area contributed by atoms with Crippen molar-refractivity contribution in [3.8, 4) is 0 Å². The van der Waals surface area contributed by atoms with E-state index in [1.807, 2.05) is 13.8 Å². The minimum Gasteiger partial charge on any atom is -0.301 e. The maximum absolute atomic E-state index is 11.3. The Morgan fingerprint density at radius 2 is 2.29 bits per heavy atom. The molecule has 1 heterocycles. The second-order valence-corrected chi connectivity index (χ2v) is 5.99. The molecule has 0 N–H and O–H groups in total. The van der Waals surface area contributed by atoms with Gasteiger partial charge in [0.15, 0.2) is 0 Å². The summed E-state index contributed by atoms with van der Waals surface area (Å²) in [5.41, 5.74) is 0. The third-order valence-corrected chi connectivity index (χ3v) is 4.12. The lowest BCUT2D eigenvalue weighted by molar-refractivity contribution is -0.125. The van der Waals surface area contributed by atoms with Gasteiger partial charge in [-0.25, -0.2) is 0 Å². The molecule has 0 amide bonds. The minimum atomic E-state index is -0.759. The van der Waals surface area contributed by atoms with Gasteiger partial charge in [-0.2, -0.15) is 0 Å². The first-order chi connectivity index (χ1) is 6.50. The maximum Gasteiger partial charge on any atom is 0.138 e. The summed E-state index contributed by atoms with van der Waals surface area (Å²) in [6, 6.07) is 0. The minimum absolute atomic E-state index is 0.154. The predicted molar refractivity (Wildman–Crippen MR) is 58.8 cm³/mol. The van der Waals surface area contributed by atoms with E-state index in [9.17, 15) is 9.00 Å². The molecule has 0 aromatic carbocycles. The number of rotatable bonds is 3. The molecule has 1 aliphatic rings. The fourth-order valence-corrected chi connectivity index (χ4v) is 2.15. The van der Waals surface area contributed by atoms with Gasteiger partial charge in [0.05, 0.1) is 0 Å². The lowest BCUT2D eigenvalue weighted by Crippen LogP contribution is -2.43. The summed E-state index contributed by atoms with van der Waals surface area (Å²) in [4.78, 5) is 13.5. The molecule has 1 aliphatic heterocycles. The third kappa shape index (κ3) is 3.17. The van der Waals surface area contributed by atoms with Crippen LogP contribution in [0.2, 0.25) is 0 Å². The Bertz CT molecular complexity index is 242. The van der Waals surface area contributed by atoms with Crippen molar-refractivity contribution in [2.45, 2.75) is 25.5 Å². The van der Waals surface area contributed by atoms with Gasteiger partial charge < -0.3 is 4.90 Å². The SMILES string of the molecule is CC1CN(CC(C)S(C)=O)CCC1=O. The van der Waals surface area contributed by atoms with Crippen LogP contribution in [0.25, 0.3) is 0 Å². The summed E-state index contributed by atoms with van der Waals surface area (Å²) >= 11 is 0. The van der Waals surface area contributed by atoms with Crippen LogP contribution in [0.15, 0.2) is 0 Å². The normalized spacial score (nSPS) is 28.8. The number of hydrogen-bond acceptors (Lipinski definition) is 3. The van der Waals surface area contributed by atoms with Gasteiger partial charge >= 0.3 is 0 Å². The third-order valence-electron chi connectivity index (χ3n) is 2.84. The molecule has 3 unspecified atom stereocenters. The smallest absolute Gasteiger partial charge is 0.138 e. The van der Waals surface area contributed by atoms with Crippen molar-refractivity contribution in [3.63, 3.8) is 0 Å². The van der Waals surface area contributed by atoms with E-state index < -0.39 is 10.8 Å². The van der Waals surface area contributed by atoms with Crippen molar-refractivity contribution < 1.29 is 9.00 Å². The average Bonchev–Trinajstić information content (AvgIpc) is 2.11. The Morgan fingerprint density at radius 3 is 2.79 bits per heavy atom. The maximum atomic E-state index is 11.3. The van der Waals surface area contributed by atoms with Gasteiger partial charge in [0.1, 0.15) is 5.78 Å². The van der Waals surface area contributed by atoms with Gasteiger partial charge in [-0.3, -0.25) is 9.00 Å². The highest BCUT2D eigenvalue weighted by molar-refractivity contribution is 7.84. The van der Waals surface area contributed by atoms with Crippen LogP contribution >= 0.6 is 0 Å². The molecular weight excluding hydrogens is 198 g/mol. The highest BCUT2D eigenvalue weighted by Crippen LogP contribution is 2.13. The lowest BCUT2D eigenvalue weighted by Gasteiger charge is -2.31. The van der Waals surface area contributed by atoms with Crippen LogP contribution in [0, 0.1) is 5.92 Å². The molecule has 3 atom stereocenters. The first-order valence-corrected chi connectivity index (χ1v) is 6.70. The van der Waals surface area contributed by atoms with Gasteiger partial charge in [0.25, 0.3) is 0 Å². The standard InChI is InChI=1S/C10H19NO2S/c1-8-6-11(5-4-10(8)12)7-9(2)14(3)13/h8-9H,4-7H2,1-3H3. The number of hydrogen-bond donors (Lipinski definition) is 0. The van der Waals surface area contributed by atoms with E-state index in [2.05, 4.69) is 4.90 Å². The molecule has 1 rings (SSSR count). The monoisotopic (exact) mass is 217 g/mol. The largest absolute Gasteiger partial charge is 0.301 e. The molecule has 3 nitrogen and oxygen atoms in total. The number of piperidine rings is 1. The summed E-state index contributed by atoms with van der Waals surface area (Å²) in [6.07, 6.45) is 2.40. The van der Waals surface area contributed by atoms with Crippen LogP contribution in [0.1, 0.15) is 20.3 Å². The molecular formula is C10H19NO2S. The van der Waals surface area contributed by atoms with Gasteiger partial charge in [-0.05, 0) is 6.92 Å². The molecule has 4 heteroatoms. The summed E-state index contributed by atoms with van der Waals surface area (Å²) in [6.45, 7) is 6.49. The van der Waals surface area contributed by atoms with Crippen molar-refractivity contribution in [3.05, 3.63) is 0 Å². The molecule has 0 bridgehead atoms. The van der Waals surface area contributed by atoms with E-state index in [4.69, 9.17) is 0 Å². The zero-order valence-corrected chi connectivity index (χ0v) is 9.97. The van der Waals surface area contributed by atoms with Crippen LogP contribution in [-0.2, 0) is 15.6 Å². The van der Waals surface area contributed by atoms with Crippen LogP contribution in [-0.4, -0.2) is 46.0 Å². The van der Waals surface area contributed by atoms with E-state index in [-0.39, 0.29) is 11.2 Å². The highest BCUT2D eigenvalue weighted by atomic mass is 32.2. The number of carbonyl (C=O) groups excluding carboxylic acids is 1. The molecule has 14 heavy (non-hydrogen) atoms. The second-order valence-electron chi connectivity index (χ2n) is 4.19. The molecule has 82 valence electrons. The zero-order chi connectivity index (χ0) is 10.7. The molecule has 0 radical (unpaired) electrons. The first-order valence-electron chi connectivity index (χ1n) is 5.08. The summed E-state index contributed by atoms with van der Waals surface area (Å²) < 4.78 is 11.2. The number of carbonyl (C=O) groups is 1. The van der Waals surface area contributed by atoms with Crippen LogP contribution < -0.4 is 0 Å². The van der Waals surface area contributed by atoms with Gasteiger partial charge in [0.2, 0.25) is 0 Å². The predicted octanol–water partition coefficient (Wildman–Crippen LogP) is 0.664. The van der Waals surface area contributed by atoms with Crippen molar-refractivity contribution in [1.29, 1.82) is 0 Å². The summed E-state index contributed by atoms with van der Waals surface area (Å²) in [7, 11) is -0.759. The molecule has 0 aromatic heterocycles. The van der Waals surface area contributed by atoms with E-state index in [1.54, 1.807) is 6.26 Å². The number of ketones is 1. The Hall–Kier alpha value is -0.220. The van der Waals surface area contributed by atoms with Crippen molar-refractivity contribution in [2.24, 2.45) is 5.92 Å². The Kier molecular flexibility index (Phi) is 4.26. The van der Waals surface area contributed by atoms with Gasteiger partial charge in [-0.15, -0.1) is 0 Å². The van der Waals surface area contributed by atoms with E-state index >= 15 is 0 Å². The van der Waals surface area contributed by atoms with E-state index in [0.29, 0.717) is 12.2 Å². The first kappa shape index (κ1) is 11.9. The van der Waals surface area contributed by atoms with Gasteiger partial charge in [0, 0.05) is 54.3 Å². The Balaban J connectivity index is 2.40. The summed E-state index contributed by atoms with van der Waals surface area (Å²) in [5, 5.41) is 0.204. The fraction of sp³-hybridized carbons (Fsp3) is 0.900. The van der Waals surface area contributed by atoms with E-state index in [1.165, 1.54) is 0 Å². The molecule has 1 saturated heterocycles. The Labute approximate surface area is 88.3 Å². The molecule has 0 spiro atoms. The van der Waals surface area contributed by atoms with Crippen LogP contribution in [0.3, 0.4) is 0 Å². The summed E-state index contributed by atoms with van der Waals surface area (Å²) in [5.74, 6) is 0.521. The quantitative estimate of drug-likeness (QED) is 0.697. The second kappa shape index (κ2) is 5.03. The van der Waals surface area contributed by atoms with E-state index in [0.717, 1.165) is 19.6 Å². The van der Waals surface area contributed by atoms with Crippen molar-refractivity contribution in [2.75, 3.05) is 25.9 Å². The van der Waals surface area contributed by atoms with Crippen molar-refractivity contribution in [1.82, 2.24) is 4.90 Å². The fourth-order valence-electron chi connectivity index (χ4n) is 1.73. The topological polar surface area (TPSA) is 37.4 Å².